The topological polar surface area (TPSA) is 38.7 Å². The van der Waals surface area contributed by atoms with E-state index in [0.717, 1.165) is 12.1 Å². The summed E-state index contributed by atoms with van der Waals surface area (Å²) in [6, 6.07) is 4.10. The number of ether oxygens (including phenoxy) is 2. The Balaban J connectivity index is 3.38. The van der Waals surface area contributed by atoms with Gasteiger partial charge in [0.15, 0.2) is 0 Å². The predicted octanol–water partition coefficient (Wildman–Crippen LogP) is 2.15. The molecule has 0 unspecified atom stereocenters. The van der Waals surface area contributed by atoms with Crippen LogP contribution in [-0.2, 0) is 15.1 Å². The molecule has 0 radical (unpaired) electrons. The third-order valence-electron chi connectivity index (χ3n) is 3.32. The minimum Gasteiger partial charge on any atom is -0.369 e. The molecule has 1 aromatic carbocycles. The van der Waals surface area contributed by atoms with Crippen LogP contribution in [0.3, 0.4) is 0 Å². The average Bonchev–Trinajstić information content (AvgIpc) is 2.45. The van der Waals surface area contributed by atoms with Crippen LogP contribution in [-0.4, -0.2) is 46.1 Å². The number of alkyl halides is 6. The van der Waals surface area contributed by atoms with Crippen LogP contribution in [0.2, 0.25) is 0 Å². The van der Waals surface area contributed by atoms with E-state index in [0.29, 0.717) is 6.07 Å². The van der Waals surface area contributed by atoms with Gasteiger partial charge in [-0.1, -0.05) is 29.5 Å². The Morgan fingerprint density at radius 3 is 1.83 bits per heavy atom. The molecule has 24 heavy (non-hydrogen) atoms. The van der Waals surface area contributed by atoms with Crippen molar-refractivity contribution >= 4 is 14.7 Å². The molecule has 0 fully saturated rings. The molecule has 0 atom stereocenters. The van der Waals surface area contributed by atoms with E-state index in [1.54, 1.807) is 13.8 Å². The molecule has 3 nitrogen and oxygen atoms in total. The van der Waals surface area contributed by atoms with Gasteiger partial charge in [0, 0.05) is 18.8 Å². The Morgan fingerprint density at radius 2 is 1.42 bits per heavy atom. The van der Waals surface area contributed by atoms with Crippen LogP contribution in [0.15, 0.2) is 24.3 Å². The summed E-state index contributed by atoms with van der Waals surface area (Å²) >= 11 is 0. The highest BCUT2D eigenvalue weighted by Gasteiger charge is 2.71. The van der Waals surface area contributed by atoms with Crippen LogP contribution in [0.4, 0.5) is 26.3 Å². The lowest BCUT2D eigenvalue weighted by Gasteiger charge is -2.34. The van der Waals surface area contributed by atoms with E-state index in [1.165, 1.54) is 6.07 Å². The van der Waals surface area contributed by atoms with E-state index in [-0.39, 0.29) is 18.4 Å². The summed E-state index contributed by atoms with van der Waals surface area (Å²) in [7, 11) is -1.85. The van der Waals surface area contributed by atoms with Crippen molar-refractivity contribution in [3.8, 4) is 0 Å². The van der Waals surface area contributed by atoms with E-state index < -0.39 is 39.0 Å². The Labute approximate surface area is 137 Å². The normalized spacial score (nSPS) is 14.1. The molecule has 0 aliphatic carbocycles. The van der Waals surface area contributed by atoms with Gasteiger partial charge in [-0.3, -0.25) is 0 Å². The van der Waals surface area contributed by atoms with Crippen molar-refractivity contribution in [1.29, 1.82) is 0 Å². The van der Waals surface area contributed by atoms with Gasteiger partial charge < -0.3 is 14.6 Å². The molecule has 1 aromatic rings. The summed E-state index contributed by atoms with van der Waals surface area (Å²) in [6.07, 6.45) is -11.8. The molecular weight excluding hydrogens is 358 g/mol. The highest BCUT2D eigenvalue weighted by molar-refractivity contribution is 6.55. The second-order valence-corrected chi connectivity index (χ2v) is 6.74. The van der Waals surface area contributed by atoms with E-state index >= 15 is 0 Å². The summed E-state index contributed by atoms with van der Waals surface area (Å²) in [5.41, 5.74) is -6.16. The van der Waals surface area contributed by atoms with Crippen molar-refractivity contribution < 1.29 is 40.9 Å². The Kier molecular flexibility index (Phi) is 6.85. The molecule has 0 bridgehead atoms. The van der Waals surface area contributed by atoms with Crippen LogP contribution in [0, 0.1) is 0 Å². The molecule has 10 heteroatoms. The quantitative estimate of drug-likeness (QED) is 0.450. The molecule has 0 saturated carbocycles. The van der Waals surface area contributed by atoms with Crippen LogP contribution in [0.1, 0.15) is 19.4 Å². The number of aliphatic hydroxyl groups is 1. The molecule has 1 rings (SSSR count). The molecule has 0 saturated heterocycles. The van der Waals surface area contributed by atoms with Gasteiger partial charge >= 0.3 is 12.4 Å². The maximum atomic E-state index is 13.1. The third-order valence-corrected chi connectivity index (χ3v) is 5.18. The zero-order chi connectivity index (χ0) is 18.6. The van der Waals surface area contributed by atoms with Crippen LogP contribution < -0.4 is 5.19 Å². The van der Waals surface area contributed by atoms with Gasteiger partial charge in [-0.2, -0.15) is 26.3 Å². The summed E-state index contributed by atoms with van der Waals surface area (Å²) in [5, 5.41) is 9.38. The fourth-order valence-electron chi connectivity index (χ4n) is 2.23. The van der Waals surface area contributed by atoms with Crippen molar-refractivity contribution in [2.24, 2.45) is 0 Å². The first-order valence-electron chi connectivity index (χ1n) is 7.16. The van der Waals surface area contributed by atoms with Crippen molar-refractivity contribution in [2.45, 2.75) is 37.7 Å². The number of benzene rings is 1. The highest BCUT2D eigenvalue weighted by atomic mass is 28.2. The Morgan fingerprint density at radius 1 is 0.958 bits per heavy atom. The Bertz CT molecular complexity index is 512. The lowest BCUT2D eigenvalue weighted by molar-refractivity contribution is -0.375. The number of rotatable bonds is 7. The van der Waals surface area contributed by atoms with Gasteiger partial charge in [-0.15, -0.1) is 0 Å². The van der Waals surface area contributed by atoms with E-state index in [1.807, 2.05) is 0 Å². The summed E-state index contributed by atoms with van der Waals surface area (Å²) in [4.78, 5) is 0. The highest BCUT2D eigenvalue weighted by Crippen LogP contribution is 2.49. The van der Waals surface area contributed by atoms with Gasteiger partial charge in [-0.25, -0.2) is 0 Å². The molecule has 0 spiro atoms. The maximum Gasteiger partial charge on any atom is 0.430 e. The van der Waals surface area contributed by atoms with Crippen molar-refractivity contribution in [3.05, 3.63) is 29.8 Å². The van der Waals surface area contributed by atoms with Crippen molar-refractivity contribution in [2.75, 3.05) is 13.2 Å². The smallest absolute Gasteiger partial charge is 0.369 e. The summed E-state index contributed by atoms with van der Waals surface area (Å²) < 4.78 is 88.9. The monoisotopic (exact) mass is 376 g/mol. The zero-order valence-corrected chi connectivity index (χ0v) is 14.5. The van der Waals surface area contributed by atoms with Gasteiger partial charge in [0.1, 0.15) is 15.4 Å². The predicted molar refractivity (Wildman–Crippen MR) is 77.7 cm³/mol. The maximum absolute atomic E-state index is 13.1. The van der Waals surface area contributed by atoms with Crippen LogP contribution in [0.5, 0.6) is 0 Å². The molecule has 0 amide bonds. The van der Waals surface area contributed by atoms with Gasteiger partial charge in [0.25, 0.3) is 5.60 Å². The van der Waals surface area contributed by atoms with Crippen molar-refractivity contribution in [1.82, 2.24) is 0 Å². The van der Waals surface area contributed by atoms with E-state index in [9.17, 15) is 31.4 Å². The van der Waals surface area contributed by atoms with Crippen LogP contribution in [0.25, 0.3) is 0 Å². The first-order valence-corrected chi connectivity index (χ1v) is 8.68. The molecule has 138 valence electrons. The van der Waals surface area contributed by atoms with Gasteiger partial charge in [0.2, 0.25) is 0 Å². The molecule has 1 N–H and O–H groups in total. The van der Waals surface area contributed by atoms with E-state index in [4.69, 9.17) is 9.47 Å². The molecule has 0 aromatic heterocycles. The second kappa shape index (κ2) is 7.85. The third kappa shape index (κ3) is 4.29. The number of halogens is 6. The molecular formula is C14H18F6O3Si. The van der Waals surface area contributed by atoms with Gasteiger partial charge in [0.05, 0.1) is 0 Å². The van der Waals surface area contributed by atoms with Crippen LogP contribution >= 0.6 is 0 Å². The number of hydrogen-bond acceptors (Lipinski definition) is 3. The fourth-order valence-corrected chi connectivity index (χ4v) is 4.17. The molecule has 0 heterocycles. The summed E-state index contributed by atoms with van der Waals surface area (Å²) in [5.74, 6) is -0.883. The molecule has 0 aliphatic rings. The minimum atomic E-state index is -5.91. The Hall–Kier alpha value is -1.10. The average molecular weight is 376 g/mol. The second-order valence-electron chi connectivity index (χ2n) is 4.91. The lowest BCUT2D eigenvalue weighted by atomic mass is 9.92. The summed E-state index contributed by atoms with van der Waals surface area (Å²) in [6.45, 7) is 3.66. The standard InChI is InChI=1S/C14H18F6O3Si/c1-3-22-11(23-4-2)24-10-8-6-5-7-9(10)12(21,13(15,16)17)14(18,19)20/h5-8,11,21H,3-4,24H2,1-2H3. The largest absolute Gasteiger partial charge is 0.430 e. The molecule has 0 aliphatic heterocycles. The van der Waals surface area contributed by atoms with Gasteiger partial charge in [-0.05, 0) is 13.8 Å². The first-order chi connectivity index (χ1) is 11.0. The minimum absolute atomic E-state index is 0.197. The zero-order valence-electron chi connectivity index (χ0n) is 13.0. The SMILES string of the molecule is CCOC(OCC)[SiH2]c1ccccc1C(O)(C(F)(F)F)C(F)(F)F. The van der Waals surface area contributed by atoms with Crippen molar-refractivity contribution in [3.63, 3.8) is 0 Å². The fraction of sp³-hybridized carbons (Fsp3) is 0.571. The van der Waals surface area contributed by atoms with E-state index in [2.05, 4.69) is 0 Å². The number of hydrogen-bond donors (Lipinski definition) is 1. The first kappa shape index (κ1) is 20.9. The lowest BCUT2D eigenvalue weighted by Crippen LogP contribution is -2.57.